The molecule has 1 aliphatic carbocycles. The van der Waals surface area contributed by atoms with Gasteiger partial charge in [0.05, 0.1) is 24.0 Å². The second-order valence-corrected chi connectivity index (χ2v) is 4.92. The van der Waals surface area contributed by atoms with Crippen LogP contribution in [0, 0.1) is 17.8 Å². The quantitative estimate of drug-likeness (QED) is 0.648. The molecule has 92 valence electrons. The van der Waals surface area contributed by atoms with Gasteiger partial charge in [0.15, 0.2) is 0 Å². The Morgan fingerprint density at radius 1 is 1.62 bits per heavy atom. The average molecular weight is 230 g/mol. The molecule has 0 radical (unpaired) electrons. The lowest BCUT2D eigenvalue weighted by Gasteiger charge is -2.41. The Balaban J connectivity index is 2.28. The van der Waals surface area contributed by atoms with E-state index >= 15 is 0 Å². The first-order valence-corrected chi connectivity index (χ1v) is 5.58. The highest BCUT2D eigenvalue weighted by atomic mass is 16.7. The number of hydrogen-bond acceptors (Lipinski definition) is 5. The SMILES string of the molecule is CO[C@H]1OC(=O)[C@@H](CO)[C@H]2CC[C@](C)(O)[C@@H]12. The molecule has 1 heterocycles. The van der Waals surface area contributed by atoms with Crippen molar-refractivity contribution < 1.29 is 24.5 Å². The van der Waals surface area contributed by atoms with Crippen molar-refractivity contribution in [3.63, 3.8) is 0 Å². The van der Waals surface area contributed by atoms with Crippen LogP contribution in [0.15, 0.2) is 0 Å². The van der Waals surface area contributed by atoms with E-state index in [0.717, 1.165) is 6.42 Å². The molecule has 2 rings (SSSR count). The molecule has 5 heteroatoms. The van der Waals surface area contributed by atoms with Crippen LogP contribution in [-0.2, 0) is 14.3 Å². The van der Waals surface area contributed by atoms with Gasteiger partial charge in [0.25, 0.3) is 0 Å². The third-order valence-electron chi connectivity index (χ3n) is 3.94. The van der Waals surface area contributed by atoms with Crippen molar-refractivity contribution in [2.75, 3.05) is 13.7 Å². The fourth-order valence-electron chi connectivity index (χ4n) is 3.07. The third-order valence-corrected chi connectivity index (χ3v) is 3.94. The van der Waals surface area contributed by atoms with Gasteiger partial charge in [-0.3, -0.25) is 4.79 Å². The molecular formula is C11H18O5. The fraction of sp³-hybridized carbons (Fsp3) is 0.909. The maximum Gasteiger partial charge on any atom is 0.313 e. The Labute approximate surface area is 94.4 Å². The van der Waals surface area contributed by atoms with Crippen LogP contribution in [-0.4, -0.2) is 41.8 Å². The summed E-state index contributed by atoms with van der Waals surface area (Å²) < 4.78 is 10.2. The maximum absolute atomic E-state index is 11.6. The molecule has 0 aromatic rings. The number of carbonyl (C=O) groups is 1. The van der Waals surface area contributed by atoms with E-state index in [1.54, 1.807) is 6.92 Å². The molecular weight excluding hydrogens is 212 g/mol. The molecule has 5 atom stereocenters. The van der Waals surface area contributed by atoms with Crippen molar-refractivity contribution in [3.8, 4) is 0 Å². The standard InChI is InChI=1S/C11H18O5/c1-11(14)4-3-6-7(5-12)9(13)16-10(15-2)8(6)11/h6-8,10,12,14H,3-5H2,1-2H3/t6-,7+,8-,10+,11+/m1/s1. The molecule has 1 aliphatic heterocycles. The number of rotatable bonds is 2. The van der Waals surface area contributed by atoms with Crippen LogP contribution in [0.4, 0.5) is 0 Å². The van der Waals surface area contributed by atoms with Crippen molar-refractivity contribution in [2.24, 2.45) is 17.8 Å². The van der Waals surface area contributed by atoms with E-state index in [1.807, 2.05) is 0 Å². The number of cyclic esters (lactones) is 1. The summed E-state index contributed by atoms with van der Waals surface area (Å²) in [6.45, 7) is 1.50. The number of ether oxygens (including phenoxy) is 2. The van der Waals surface area contributed by atoms with Gasteiger partial charge in [0.1, 0.15) is 0 Å². The first-order chi connectivity index (χ1) is 7.51. The Bertz CT molecular complexity index is 288. The van der Waals surface area contributed by atoms with E-state index in [2.05, 4.69) is 0 Å². The van der Waals surface area contributed by atoms with Crippen molar-refractivity contribution in [2.45, 2.75) is 31.7 Å². The van der Waals surface area contributed by atoms with Crippen molar-refractivity contribution in [3.05, 3.63) is 0 Å². The summed E-state index contributed by atoms with van der Waals surface area (Å²) in [7, 11) is 1.46. The van der Waals surface area contributed by atoms with Crippen molar-refractivity contribution >= 4 is 5.97 Å². The second kappa shape index (κ2) is 3.98. The number of esters is 1. The summed E-state index contributed by atoms with van der Waals surface area (Å²) in [5, 5.41) is 19.5. The minimum atomic E-state index is -0.889. The summed E-state index contributed by atoms with van der Waals surface area (Å²) in [6.07, 6.45) is 0.630. The van der Waals surface area contributed by atoms with Gasteiger partial charge in [0.2, 0.25) is 6.29 Å². The lowest BCUT2D eigenvalue weighted by Crippen LogP contribution is -2.51. The van der Waals surface area contributed by atoms with E-state index in [0.29, 0.717) is 6.42 Å². The normalized spacial score (nSPS) is 47.6. The number of fused-ring (bicyclic) bond motifs is 1. The minimum Gasteiger partial charge on any atom is -0.435 e. The molecule has 1 saturated heterocycles. The van der Waals surface area contributed by atoms with E-state index in [-0.39, 0.29) is 18.4 Å². The molecule has 0 spiro atoms. The second-order valence-electron chi connectivity index (χ2n) is 4.92. The highest BCUT2D eigenvalue weighted by Gasteiger charge is 2.56. The van der Waals surface area contributed by atoms with Crippen LogP contribution < -0.4 is 0 Å². The fourth-order valence-corrected chi connectivity index (χ4v) is 3.07. The zero-order chi connectivity index (χ0) is 11.9. The summed E-state index contributed by atoms with van der Waals surface area (Å²) in [4.78, 5) is 11.6. The molecule has 2 fully saturated rings. The molecule has 2 aliphatic rings. The lowest BCUT2D eigenvalue weighted by molar-refractivity contribution is -0.232. The highest BCUT2D eigenvalue weighted by Crippen LogP contribution is 2.49. The highest BCUT2D eigenvalue weighted by molar-refractivity contribution is 5.74. The van der Waals surface area contributed by atoms with E-state index < -0.39 is 23.8 Å². The molecule has 0 aromatic heterocycles. The van der Waals surface area contributed by atoms with Crippen molar-refractivity contribution in [1.29, 1.82) is 0 Å². The maximum atomic E-state index is 11.6. The van der Waals surface area contributed by atoms with Crippen LogP contribution in [0.25, 0.3) is 0 Å². The lowest BCUT2D eigenvalue weighted by atomic mass is 9.77. The third kappa shape index (κ3) is 1.63. The van der Waals surface area contributed by atoms with Gasteiger partial charge in [-0.1, -0.05) is 0 Å². The number of methoxy groups -OCH3 is 1. The summed E-state index contributed by atoms with van der Waals surface area (Å²) >= 11 is 0. The minimum absolute atomic E-state index is 0.0498. The van der Waals surface area contributed by atoms with Gasteiger partial charge in [0, 0.05) is 7.11 Å². The predicted molar refractivity (Wildman–Crippen MR) is 54.3 cm³/mol. The Kier molecular flexibility index (Phi) is 2.94. The molecule has 2 N–H and O–H groups in total. The molecule has 16 heavy (non-hydrogen) atoms. The monoisotopic (exact) mass is 230 g/mol. The molecule has 0 aromatic carbocycles. The predicted octanol–water partition coefficient (Wildman–Crippen LogP) is -0.0986. The molecule has 0 bridgehead atoms. The van der Waals surface area contributed by atoms with Gasteiger partial charge >= 0.3 is 5.97 Å². The van der Waals surface area contributed by atoms with E-state index in [1.165, 1.54) is 7.11 Å². The number of aliphatic hydroxyl groups is 2. The average Bonchev–Trinajstić information content (AvgIpc) is 2.54. The largest absolute Gasteiger partial charge is 0.435 e. The topological polar surface area (TPSA) is 76.0 Å². The van der Waals surface area contributed by atoms with Crippen molar-refractivity contribution in [1.82, 2.24) is 0 Å². The summed E-state index contributed by atoms with van der Waals surface area (Å²) in [5.74, 6) is -1.24. The number of carbonyl (C=O) groups excluding carboxylic acids is 1. The van der Waals surface area contributed by atoms with Crippen LogP contribution in [0.3, 0.4) is 0 Å². The van der Waals surface area contributed by atoms with E-state index in [9.17, 15) is 15.0 Å². The molecule has 1 saturated carbocycles. The zero-order valence-electron chi connectivity index (χ0n) is 9.55. The van der Waals surface area contributed by atoms with Crippen LogP contribution in [0.1, 0.15) is 19.8 Å². The number of hydrogen-bond donors (Lipinski definition) is 2. The first kappa shape index (κ1) is 11.8. The van der Waals surface area contributed by atoms with Gasteiger partial charge in [-0.05, 0) is 25.7 Å². The van der Waals surface area contributed by atoms with Crippen LogP contribution in [0.2, 0.25) is 0 Å². The summed E-state index contributed by atoms with van der Waals surface area (Å²) in [6, 6.07) is 0. The first-order valence-electron chi connectivity index (χ1n) is 5.58. The number of aliphatic hydroxyl groups excluding tert-OH is 1. The molecule has 0 unspecified atom stereocenters. The zero-order valence-corrected chi connectivity index (χ0v) is 9.55. The summed E-state index contributed by atoms with van der Waals surface area (Å²) in [5.41, 5.74) is -0.889. The van der Waals surface area contributed by atoms with Gasteiger partial charge in [-0.2, -0.15) is 0 Å². The van der Waals surface area contributed by atoms with E-state index in [4.69, 9.17) is 9.47 Å². The smallest absolute Gasteiger partial charge is 0.313 e. The van der Waals surface area contributed by atoms with Gasteiger partial charge < -0.3 is 19.7 Å². The Morgan fingerprint density at radius 3 is 2.88 bits per heavy atom. The molecule has 5 nitrogen and oxygen atoms in total. The molecule has 0 amide bonds. The van der Waals surface area contributed by atoms with Gasteiger partial charge in [-0.25, -0.2) is 0 Å². The van der Waals surface area contributed by atoms with Crippen LogP contribution >= 0.6 is 0 Å². The Hall–Kier alpha value is -0.650. The Morgan fingerprint density at radius 2 is 2.31 bits per heavy atom. The van der Waals surface area contributed by atoms with Gasteiger partial charge in [-0.15, -0.1) is 0 Å². The van der Waals surface area contributed by atoms with Crippen LogP contribution in [0.5, 0.6) is 0 Å².